The molecule has 0 radical (unpaired) electrons. The van der Waals surface area contributed by atoms with Gasteiger partial charge in [0.05, 0.1) is 7.11 Å². The van der Waals surface area contributed by atoms with Gasteiger partial charge in [0.1, 0.15) is 5.75 Å². The molecule has 1 fully saturated rings. The summed E-state index contributed by atoms with van der Waals surface area (Å²) in [7, 11) is 1.75. The predicted molar refractivity (Wildman–Crippen MR) is 80.7 cm³/mol. The molecule has 1 aliphatic carbocycles. The number of hydrogen-bond donors (Lipinski definition) is 1. The second-order valence-electron chi connectivity index (χ2n) is 6.07. The van der Waals surface area contributed by atoms with Gasteiger partial charge in [-0.05, 0) is 39.2 Å². The third-order valence-corrected chi connectivity index (χ3v) is 4.30. The highest BCUT2D eigenvalue weighted by atomic mass is 16.5. The fraction of sp³-hybridized carbons (Fsp3) is 0.647. The molecule has 2 unspecified atom stereocenters. The first kappa shape index (κ1) is 14.4. The van der Waals surface area contributed by atoms with E-state index in [1.54, 1.807) is 7.11 Å². The van der Waals surface area contributed by atoms with Crippen LogP contribution in [0.1, 0.15) is 56.7 Å². The highest BCUT2D eigenvalue weighted by Gasteiger charge is 2.21. The normalized spacial score (nSPS) is 18.7. The van der Waals surface area contributed by atoms with Gasteiger partial charge in [0.25, 0.3) is 0 Å². The van der Waals surface area contributed by atoms with Crippen molar-refractivity contribution in [3.05, 3.63) is 29.3 Å². The summed E-state index contributed by atoms with van der Waals surface area (Å²) >= 11 is 0. The molecule has 2 heteroatoms. The largest absolute Gasteiger partial charge is 0.496 e. The number of rotatable bonds is 6. The standard InChI is InChI=1S/C17H27NO/c1-12-8-9-17(19-4)16(10-12)14(3)18-13(2)11-15-6-5-7-15/h8-10,13-15,18H,5-7,11H2,1-4H3. The first-order valence-electron chi connectivity index (χ1n) is 7.50. The Morgan fingerprint density at radius 3 is 2.63 bits per heavy atom. The Balaban J connectivity index is 1.97. The Labute approximate surface area is 117 Å². The Bertz CT molecular complexity index is 412. The zero-order valence-electron chi connectivity index (χ0n) is 12.7. The van der Waals surface area contributed by atoms with Crippen LogP contribution in [0.2, 0.25) is 0 Å². The molecular weight excluding hydrogens is 234 g/mol. The summed E-state index contributed by atoms with van der Waals surface area (Å²) < 4.78 is 5.48. The molecule has 2 atom stereocenters. The van der Waals surface area contributed by atoms with Crippen LogP contribution in [0.25, 0.3) is 0 Å². The van der Waals surface area contributed by atoms with Crippen LogP contribution in [-0.4, -0.2) is 13.2 Å². The van der Waals surface area contributed by atoms with E-state index < -0.39 is 0 Å². The minimum Gasteiger partial charge on any atom is -0.496 e. The molecule has 1 N–H and O–H groups in total. The highest BCUT2D eigenvalue weighted by molar-refractivity contribution is 5.38. The van der Waals surface area contributed by atoms with Crippen molar-refractivity contribution >= 4 is 0 Å². The van der Waals surface area contributed by atoms with E-state index in [2.05, 4.69) is 44.3 Å². The van der Waals surface area contributed by atoms with Crippen LogP contribution in [0.3, 0.4) is 0 Å². The maximum absolute atomic E-state index is 5.48. The zero-order valence-corrected chi connectivity index (χ0v) is 12.7. The minimum absolute atomic E-state index is 0.338. The van der Waals surface area contributed by atoms with E-state index in [0.717, 1.165) is 11.7 Å². The average Bonchev–Trinajstić information content (AvgIpc) is 2.33. The molecule has 106 valence electrons. The van der Waals surface area contributed by atoms with Gasteiger partial charge in [0.15, 0.2) is 0 Å². The zero-order chi connectivity index (χ0) is 13.8. The van der Waals surface area contributed by atoms with Crippen molar-refractivity contribution in [3.8, 4) is 5.75 Å². The van der Waals surface area contributed by atoms with Gasteiger partial charge >= 0.3 is 0 Å². The fourth-order valence-electron chi connectivity index (χ4n) is 3.01. The van der Waals surface area contributed by atoms with Gasteiger partial charge in [0, 0.05) is 17.6 Å². The van der Waals surface area contributed by atoms with Crippen LogP contribution in [0, 0.1) is 12.8 Å². The smallest absolute Gasteiger partial charge is 0.123 e. The van der Waals surface area contributed by atoms with Gasteiger partial charge in [-0.1, -0.05) is 37.0 Å². The topological polar surface area (TPSA) is 21.3 Å². The maximum Gasteiger partial charge on any atom is 0.123 e. The molecule has 1 aromatic rings. The van der Waals surface area contributed by atoms with Crippen LogP contribution in [0.4, 0.5) is 0 Å². The molecule has 19 heavy (non-hydrogen) atoms. The summed E-state index contributed by atoms with van der Waals surface area (Å²) in [5.74, 6) is 1.94. The van der Waals surface area contributed by atoms with E-state index in [1.165, 1.54) is 36.8 Å². The molecule has 2 nitrogen and oxygen atoms in total. The first-order valence-corrected chi connectivity index (χ1v) is 7.50. The number of methoxy groups -OCH3 is 1. The molecule has 0 aromatic heterocycles. The molecule has 0 heterocycles. The lowest BCUT2D eigenvalue weighted by atomic mass is 9.81. The molecule has 0 aliphatic heterocycles. The monoisotopic (exact) mass is 261 g/mol. The fourth-order valence-corrected chi connectivity index (χ4v) is 3.01. The Hall–Kier alpha value is -1.02. The minimum atomic E-state index is 0.338. The van der Waals surface area contributed by atoms with Crippen LogP contribution in [0.15, 0.2) is 18.2 Å². The van der Waals surface area contributed by atoms with Crippen LogP contribution in [-0.2, 0) is 0 Å². The van der Waals surface area contributed by atoms with Gasteiger partial charge < -0.3 is 10.1 Å². The molecule has 0 spiro atoms. The SMILES string of the molecule is COc1ccc(C)cc1C(C)NC(C)CC1CCC1. The van der Waals surface area contributed by atoms with Gasteiger partial charge in [-0.2, -0.15) is 0 Å². The Morgan fingerprint density at radius 1 is 1.32 bits per heavy atom. The molecule has 2 rings (SSSR count). The van der Waals surface area contributed by atoms with Gasteiger partial charge in [-0.25, -0.2) is 0 Å². The summed E-state index contributed by atoms with van der Waals surface area (Å²) in [6, 6.07) is 7.31. The second-order valence-corrected chi connectivity index (χ2v) is 6.07. The molecule has 1 saturated carbocycles. The van der Waals surface area contributed by atoms with E-state index in [9.17, 15) is 0 Å². The quantitative estimate of drug-likeness (QED) is 0.827. The van der Waals surface area contributed by atoms with Crippen molar-refractivity contribution in [3.63, 3.8) is 0 Å². The lowest BCUT2D eigenvalue weighted by molar-refractivity contribution is 0.259. The van der Waals surface area contributed by atoms with Crippen molar-refractivity contribution in [2.24, 2.45) is 5.92 Å². The molecular formula is C17H27NO. The summed E-state index contributed by atoms with van der Waals surface area (Å²) in [5, 5.41) is 3.72. The summed E-state index contributed by atoms with van der Waals surface area (Å²) in [6.07, 6.45) is 5.58. The second kappa shape index (κ2) is 6.42. The molecule has 1 aliphatic rings. The summed E-state index contributed by atoms with van der Waals surface area (Å²) in [5.41, 5.74) is 2.55. The number of ether oxygens (including phenoxy) is 1. The number of hydrogen-bond acceptors (Lipinski definition) is 2. The number of benzene rings is 1. The van der Waals surface area contributed by atoms with Crippen molar-refractivity contribution in [2.45, 2.75) is 58.5 Å². The van der Waals surface area contributed by atoms with E-state index in [4.69, 9.17) is 4.74 Å². The van der Waals surface area contributed by atoms with Crippen molar-refractivity contribution < 1.29 is 4.74 Å². The Kier molecular flexibility index (Phi) is 4.87. The van der Waals surface area contributed by atoms with Crippen molar-refractivity contribution in [1.29, 1.82) is 0 Å². The number of aryl methyl sites for hydroxylation is 1. The molecule has 0 saturated heterocycles. The van der Waals surface area contributed by atoms with E-state index in [0.29, 0.717) is 12.1 Å². The van der Waals surface area contributed by atoms with Crippen molar-refractivity contribution in [2.75, 3.05) is 7.11 Å². The van der Waals surface area contributed by atoms with Gasteiger partial charge in [-0.3, -0.25) is 0 Å². The summed E-state index contributed by atoms with van der Waals surface area (Å²) in [6.45, 7) is 6.67. The van der Waals surface area contributed by atoms with E-state index >= 15 is 0 Å². The van der Waals surface area contributed by atoms with E-state index in [-0.39, 0.29) is 0 Å². The predicted octanol–water partition coefficient (Wildman–Crippen LogP) is 4.23. The van der Waals surface area contributed by atoms with Gasteiger partial charge in [-0.15, -0.1) is 0 Å². The lowest BCUT2D eigenvalue weighted by Crippen LogP contribution is -2.32. The highest BCUT2D eigenvalue weighted by Crippen LogP contribution is 2.31. The van der Waals surface area contributed by atoms with Crippen LogP contribution in [0.5, 0.6) is 5.75 Å². The van der Waals surface area contributed by atoms with Crippen LogP contribution >= 0.6 is 0 Å². The van der Waals surface area contributed by atoms with Gasteiger partial charge in [0.2, 0.25) is 0 Å². The molecule has 0 amide bonds. The third-order valence-electron chi connectivity index (χ3n) is 4.30. The third kappa shape index (κ3) is 3.73. The maximum atomic E-state index is 5.48. The van der Waals surface area contributed by atoms with E-state index in [1.807, 2.05) is 0 Å². The first-order chi connectivity index (χ1) is 9.10. The Morgan fingerprint density at radius 2 is 2.05 bits per heavy atom. The van der Waals surface area contributed by atoms with Crippen LogP contribution < -0.4 is 10.1 Å². The summed E-state index contributed by atoms with van der Waals surface area (Å²) in [4.78, 5) is 0. The van der Waals surface area contributed by atoms with Crippen molar-refractivity contribution in [1.82, 2.24) is 5.32 Å². The number of nitrogens with one attached hydrogen (secondary N) is 1. The molecule has 0 bridgehead atoms. The molecule has 1 aromatic carbocycles. The lowest BCUT2D eigenvalue weighted by Gasteiger charge is -2.30. The average molecular weight is 261 g/mol.